The molecule has 0 atom stereocenters. The maximum absolute atomic E-state index is 12.5. The van der Waals surface area contributed by atoms with E-state index in [-0.39, 0.29) is 5.56 Å². The first-order valence-electron chi connectivity index (χ1n) is 8.90. The average molecular weight is 353 g/mol. The summed E-state index contributed by atoms with van der Waals surface area (Å²) in [5.41, 5.74) is 2.47. The van der Waals surface area contributed by atoms with Gasteiger partial charge in [0.05, 0.1) is 5.39 Å². The number of hydrogen-bond donors (Lipinski definition) is 1. The Hall–Kier alpha value is -2.14. The third-order valence-corrected chi connectivity index (χ3v) is 6.41. The Bertz CT molecular complexity index is 937. The van der Waals surface area contributed by atoms with Gasteiger partial charge in [-0.1, -0.05) is 30.3 Å². The van der Waals surface area contributed by atoms with Gasteiger partial charge in [-0.05, 0) is 50.2 Å². The number of H-pyrrole nitrogens is 1. The molecular weight excluding hydrogens is 330 g/mol. The molecule has 1 aliphatic rings. The topological polar surface area (TPSA) is 49.0 Å². The Balaban J connectivity index is 1.49. The highest BCUT2D eigenvalue weighted by molar-refractivity contribution is 7.18. The molecule has 5 heteroatoms. The van der Waals surface area contributed by atoms with Crippen molar-refractivity contribution in [3.05, 3.63) is 56.7 Å². The third kappa shape index (κ3) is 3.21. The predicted molar refractivity (Wildman–Crippen MR) is 105 cm³/mol. The molecule has 130 valence electrons. The summed E-state index contributed by atoms with van der Waals surface area (Å²) in [5.74, 6) is 1.44. The average Bonchev–Trinajstić information content (AvgIpc) is 2.91. The van der Waals surface area contributed by atoms with E-state index in [1.807, 2.05) is 6.92 Å². The van der Waals surface area contributed by atoms with Gasteiger partial charge in [-0.3, -0.25) is 9.78 Å². The minimum Gasteiger partial charge on any atom is -0.342 e. The molecule has 1 fully saturated rings. The molecule has 1 aromatic carbocycles. The SMILES string of the molecule is Cc1sc2nc(N3CCC(Cc4ccccc4)CC3)[nH]c(=O)c2c1C. The molecule has 3 heterocycles. The number of hydrogen-bond acceptors (Lipinski definition) is 4. The van der Waals surface area contributed by atoms with Gasteiger partial charge in [-0.2, -0.15) is 0 Å². The standard InChI is InChI=1S/C20H23N3OS/c1-13-14(2)25-19-17(13)18(24)21-20(22-19)23-10-8-16(9-11-23)12-15-6-4-3-5-7-15/h3-7,16H,8-12H2,1-2H3,(H,21,22,24). The summed E-state index contributed by atoms with van der Waals surface area (Å²) in [4.78, 5) is 24.5. The molecule has 0 bridgehead atoms. The molecule has 0 unspecified atom stereocenters. The van der Waals surface area contributed by atoms with Crippen LogP contribution in [0.3, 0.4) is 0 Å². The number of thiophene rings is 1. The van der Waals surface area contributed by atoms with Gasteiger partial charge in [-0.15, -0.1) is 11.3 Å². The quantitative estimate of drug-likeness (QED) is 0.772. The van der Waals surface area contributed by atoms with E-state index < -0.39 is 0 Å². The number of aromatic amines is 1. The predicted octanol–water partition coefficient (Wildman–Crippen LogP) is 4.06. The smallest absolute Gasteiger partial charge is 0.261 e. The van der Waals surface area contributed by atoms with Gasteiger partial charge >= 0.3 is 0 Å². The number of nitrogens with zero attached hydrogens (tertiary/aromatic N) is 2. The largest absolute Gasteiger partial charge is 0.342 e. The van der Waals surface area contributed by atoms with Crippen molar-refractivity contribution in [2.24, 2.45) is 5.92 Å². The Kier molecular flexibility index (Phi) is 4.34. The molecule has 1 N–H and O–H groups in total. The maximum Gasteiger partial charge on any atom is 0.261 e. The van der Waals surface area contributed by atoms with E-state index in [0.29, 0.717) is 5.92 Å². The minimum atomic E-state index is -0.00624. The lowest BCUT2D eigenvalue weighted by Crippen LogP contribution is -2.36. The molecular formula is C20H23N3OS. The highest BCUT2D eigenvalue weighted by Crippen LogP contribution is 2.28. The number of piperidine rings is 1. The fourth-order valence-corrected chi connectivity index (χ4v) is 4.71. The number of nitrogens with one attached hydrogen (secondary N) is 1. The molecule has 0 radical (unpaired) electrons. The zero-order valence-corrected chi connectivity index (χ0v) is 15.5. The first kappa shape index (κ1) is 16.3. The first-order valence-corrected chi connectivity index (χ1v) is 9.72. The summed E-state index contributed by atoms with van der Waals surface area (Å²) in [5, 5.41) is 0.755. The van der Waals surface area contributed by atoms with Gasteiger partial charge in [0.25, 0.3) is 5.56 Å². The van der Waals surface area contributed by atoms with Gasteiger partial charge in [-0.25, -0.2) is 4.98 Å². The number of rotatable bonds is 3. The van der Waals surface area contributed by atoms with Crippen LogP contribution in [-0.4, -0.2) is 23.1 Å². The molecule has 4 nitrogen and oxygen atoms in total. The highest BCUT2D eigenvalue weighted by Gasteiger charge is 2.22. The van der Waals surface area contributed by atoms with E-state index in [0.717, 1.165) is 54.1 Å². The van der Waals surface area contributed by atoms with Crippen LogP contribution in [-0.2, 0) is 6.42 Å². The molecule has 0 saturated carbocycles. The van der Waals surface area contributed by atoms with E-state index in [9.17, 15) is 4.79 Å². The lowest BCUT2D eigenvalue weighted by Gasteiger charge is -2.32. The fraction of sp³-hybridized carbons (Fsp3) is 0.400. The zero-order valence-electron chi connectivity index (χ0n) is 14.7. The lowest BCUT2D eigenvalue weighted by atomic mass is 9.90. The van der Waals surface area contributed by atoms with Crippen molar-refractivity contribution in [3.8, 4) is 0 Å². The van der Waals surface area contributed by atoms with Crippen molar-refractivity contribution >= 4 is 27.5 Å². The summed E-state index contributed by atoms with van der Waals surface area (Å²) in [6.07, 6.45) is 3.42. The summed E-state index contributed by atoms with van der Waals surface area (Å²) < 4.78 is 0. The normalized spacial score (nSPS) is 15.8. The molecule has 1 aliphatic heterocycles. The second-order valence-electron chi connectivity index (χ2n) is 6.97. The summed E-state index contributed by atoms with van der Waals surface area (Å²) >= 11 is 1.62. The Morgan fingerprint density at radius 3 is 2.64 bits per heavy atom. The van der Waals surface area contributed by atoms with Crippen LogP contribution in [0.2, 0.25) is 0 Å². The summed E-state index contributed by atoms with van der Waals surface area (Å²) in [6.45, 7) is 5.96. The van der Waals surface area contributed by atoms with E-state index in [1.165, 1.54) is 10.4 Å². The highest BCUT2D eigenvalue weighted by atomic mass is 32.1. The van der Waals surface area contributed by atoms with Crippen LogP contribution >= 0.6 is 11.3 Å². The van der Waals surface area contributed by atoms with Crippen LogP contribution in [0.15, 0.2) is 35.1 Å². The maximum atomic E-state index is 12.5. The van der Waals surface area contributed by atoms with E-state index >= 15 is 0 Å². The number of anilines is 1. The molecule has 0 aliphatic carbocycles. The molecule has 1 saturated heterocycles. The van der Waals surface area contributed by atoms with Crippen molar-refractivity contribution in [2.75, 3.05) is 18.0 Å². The van der Waals surface area contributed by atoms with Crippen LogP contribution in [0, 0.1) is 19.8 Å². The van der Waals surface area contributed by atoms with Crippen molar-refractivity contribution in [1.82, 2.24) is 9.97 Å². The van der Waals surface area contributed by atoms with Crippen LogP contribution in [0.25, 0.3) is 10.2 Å². The Morgan fingerprint density at radius 1 is 1.20 bits per heavy atom. The second kappa shape index (κ2) is 6.64. The van der Waals surface area contributed by atoms with Crippen LogP contribution in [0.4, 0.5) is 5.95 Å². The van der Waals surface area contributed by atoms with Crippen LogP contribution in [0.1, 0.15) is 28.8 Å². The van der Waals surface area contributed by atoms with Gasteiger partial charge in [0, 0.05) is 18.0 Å². The van der Waals surface area contributed by atoms with Gasteiger partial charge in [0.2, 0.25) is 5.95 Å². The number of aromatic nitrogens is 2. The van der Waals surface area contributed by atoms with Crippen LogP contribution < -0.4 is 10.5 Å². The third-order valence-electron chi connectivity index (χ3n) is 5.31. The first-order chi connectivity index (χ1) is 12.1. The molecule has 0 spiro atoms. The number of benzene rings is 1. The second-order valence-corrected chi connectivity index (χ2v) is 8.18. The Labute approximate surface area is 151 Å². The van der Waals surface area contributed by atoms with E-state index in [1.54, 1.807) is 11.3 Å². The minimum absolute atomic E-state index is 0.00624. The van der Waals surface area contributed by atoms with Gasteiger partial charge < -0.3 is 4.90 Å². The zero-order chi connectivity index (χ0) is 17.4. The lowest BCUT2D eigenvalue weighted by molar-refractivity contribution is 0.400. The van der Waals surface area contributed by atoms with E-state index in [2.05, 4.69) is 47.1 Å². The van der Waals surface area contributed by atoms with Crippen LogP contribution in [0.5, 0.6) is 0 Å². The van der Waals surface area contributed by atoms with Crippen molar-refractivity contribution in [1.29, 1.82) is 0 Å². The number of fused-ring (bicyclic) bond motifs is 1. The molecule has 2 aromatic heterocycles. The molecule has 25 heavy (non-hydrogen) atoms. The molecule has 0 amide bonds. The Morgan fingerprint density at radius 2 is 1.92 bits per heavy atom. The van der Waals surface area contributed by atoms with E-state index in [4.69, 9.17) is 4.98 Å². The fourth-order valence-electron chi connectivity index (χ4n) is 3.69. The van der Waals surface area contributed by atoms with Crippen molar-refractivity contribution in [2.45, 2.75) is 33.1 Å². The molecule has 4 rings (SSSR count). The van der Waals surface area contributed by atoms with Gasteiger partial charge in [0.1, 0.15) is 4.83 Å². The monoisotopic (exact) mass is 353 g/mol. The summed E-state index contributed by atoms with van der Waals surface area (Å²) in [7, 11) is 0. The molecule has 3 aromatic rings. The summed E-state index contributed by atoms with van der Waals surface area (Å²) in [6, 6.07) is 10.7. The van der Waals surface area contributed by atoms with Crippen molar-refractivity contribution in [3.63, 3.8) is 0 Å². The number of aryl methyl sites for hydroxylation is 2. The van der Waals surface area contributed by atoms with Crippen molar-refractivity contribution < 1.29 is 0 Å². The van der Waals surface area contributed by atoms with Gasteiger partial charge in [0.15, 0.2) is 0 Å².